The fraction of sp³-hybridized carbons (Fsp3) is 0.316. The summed E-state index contributed by atoms with van der Waals surface area (Å²) in [6.45, 7) is 3.54. The Balaban J connectivity index is 1.83. The van der Waals surface area contributed by atoms with Gasteiger partial charge in [0.15, 0.2) is 0 Å². The first-order chi connectivity index (χ1) is 10.9. The Hall–Kier alpha value is -1.13. The van der Waals surface area contributed by atoms with Crippen LogP contribution in [0.5, 0.6) is 0 Å². The van der Waals surface area contributed by atoms with Gasteiger partial charge in [0.05, 0.1) is 3.23 Å². The number of carbonyl (C=O) groups is 1. The molecule has 0 bridgehead atoms. The predicted octanol–water partition coefficient (Wildman–Crippen LogP) is 5.23. The number of rotatable bonds is 5. The van der Waals surface area contributed by atoms with Gasteiger partial charge in [-0.05, 0) is 24.1 Å². The molecule has 4 heteroatoms. The molecule has 3 rings (SSSR count). The van der Waals surface area contributed by atoms with Crippen LogP contribution in [0.1, 0.15) is 29.3 Å². The summed E-state index contributed by atoms with van der Waals surface area (Å²) >= 11 is 7.41. The van der Waals surface area contributed by atoms with Crippen molar-refractivity contribution >= 4 is 37.8 Å². The number of hydrogen-bond acceptors (Lipinski definition) is 1. The molecule has 0 heterocycles. The van der Waals surface area contributed by atoms with E-state index >= 15 is 0 Å². The summed E-state index contributed by atoms with van der Waals surface area (Å²) in [6.07, 6.45) is 1.01. The maximum Gasteiger partial charge on any atom is 0.254 e. The van der Waals surface area contributed by atoms with E-state index in [-0.39, 0.29) is 14.6 Å². The van der Waals surface area contributed by atoms with E-state index in [1.54, 1.807) is 0 Å². The van der Waals surface area contributed by atoms with Gasteiger partial charge in [-0.15, -0.1) is 0 Å². The quantitative estimate of drug-likeness (QED) is 0.588. The number of carbonyl (C=O) groups excluding carboxylic acids is 1. The van der Waals surface area contributed by atoms with E-state index in [4.69, 9.17) is 0 Å². The molecule has 0 unspecified atom stereocenters. The zero-order valence-electron chi connectivity index (χ0n) is 13.0. The van der Waals surface area contributed by atoms with E-state index in [0.717, 1.165) is 17.5 Å². The zero-order valence-corrected chi connectivity index (χ0v) is 16.2. The van der Waals surface area contributed by atoms with Gasteiger partial charge in [-0.2, -0.15) is 0 Å². The predicted molar refractivity (Wildman–Crippen MR) is 101 cm³/mol. The van der Waals surface area contributed by atoms with Gasteiger partial charge in [-0.3, -0.25) is 4.79 Å². The lowest BCUT2D eigenvalue weighted by molar-refractivity contribution is 0.0710. The van der Waals surface area contributed by atoms with E-state index in [0.29, 0.717) is 13.1 Å². The summed E-state index contributed by atoms with van der Waals surface area (Å²) in [6, 6.07) is 19.7. The van der Waals surface area contributed by atoms with Crippen LogP contribution in [0.2, 0.25) is 0 Å². The molecule has 23 heavy (non-hydrogen) atoms. The molecule has 1 amide bonds. The smallest absolute Gasteiger partial charge is 0.254 e. The third-order valence-electron chi connectivity index (χ3n) is 4.43. The van der Waals surface area contributed by atoms with Crippen LogP contribution < -0.4 is 0 Å². The molecule has 2 aromatic rings. The van der Waals surface area contributed by atoms with Gasteiger partial charge in [0.25, 0.3) is 5.91 Å². The molecule has 1 saturated carbocycles. The molecule has 2 nitrogen and oxygen atoms in total. The second-order valence-corrected chi connectivity index (χ2v) is 10.2. The van der Waals surface area contributed by atoms with Crippen molar-refractivity contribution in [3.8, 4) is 0 Å². The highest BCUT2D eigenvalue weighted by Gasteiger charge is 2.62. The minimum atomic E-state index is -0.0566. The molecule has 1 aliphatic carbocycles. The van der Waals surface area contributed by atoms with Crippen molar-refractivity contribution in [2.24, 2.45) is 5.41 Å². The van der Waals surface area contributed by atoms with E-state index in [2.05, 4.69) is 50.9 Å². The Bertz CT molecular complexity index is 687. The van der Waals surface area contributed by atoms with Crippen molar-refractivity contribution in [2.75, 3.05) is 6.54 Å². The van der Waals surface area contributed by atoms with Gasteiger partial charge in [-0.25, -0.2) is 0 Å². The van der Waals surface area contributed by atoms with Crippen molar-refractivity contribution in [2.45, 2.75) is 23.1 Å². The lowest BCUT2D eigenvalue weighted by Crippen LogP contribution is -2.36. The molecule has 0 saturated heterocycles. The van der Waals surface area contributed by atoms with Crippen LogP contribution in [0.15, 0.2) is 60.7 Å². The first-order valence-corrected chi connectivity index (χ1v) is 9.26. The summed E-state index contributed by atoms with van der Waals surface area (Å²) in [4.78, 5) is 14.9. The number of benzene rings is 2. The van der Waals surface area contributed by atoms with Crippen LogP contribution in [0, 0.1) is 5.41 Å². The Morgan fingerprint density at radius 3 is 2.09 bits per heavy atom. The van der Waals surface area contributed by atoms with E-state index in [9.17, 15) is 4.79 Å². The Morgan fingerprint density at radius 2 is 1.57 bits per heavy atom. The highest BCUT2D eigenvalue weighted by atomic mass is 79.9. The third kappa shape index (κ3) is 3.69. The van der Waals surface area contributed by atoms with E-state index in [1.807, 2.05) is 53.4 Å². The Morgan fingerprint density at radius 1 is 1.04 bits per heavy atom. The van der Waals surface area contributed by atoms with Crippen LogP contribution in [-0.4, -0.2) is 20.6 Å². The average molecular weight is 437 g/mol. The van der Waals surface area contributed by atoms with Crippen molar-refractivity contribution in [3.63, 3.8) is 0 Å². The van der Waals surface area contributed by atoms with Crippen molar-refractivity contribution in [3.05, 3.63) is 71.8 Å². The highest BCUT2D eigenvalue weighted by molar-refractivity contribution is 9.25. The molecule has 0 N–H and O–H groups in total. The summed E-state index contributed by atoms with van der Waals surface area (Å²) in [5.74, 6) is 0.0818. The van der Waals surface area contributed by atoms with Crippen molar-refractivity contribution in [1.29, 1.82) is 0 Å². The Kier molecular flexibility index (Phi) is 4.65. The van der Waals surface area contributed by atoms with Gasteiger partial charge in [-0.1, -0.05) is 87.3 Å². The normalized spacial score (nSPS) is 21.7. The lowest BCUT2D eigenvalue weighted by atomic mass is 10.1. The molecule has 1 fully saturated rings. The lowest BCUT2D eigenvalue weighted by Gasteiger charge is -2.27. The van der Waals surface area contributed by atoms with Crippen molar-refractivity contribution < 1.29 is 4.79 Å². The second kappa shape index (κ2) is 6.40. The van der Waals surface area contributed by atoms with Gasteiger partial charge >= 0.3 is 0 Å². The molecule has 0 aromatic heterocycles. The summed E-state index contributed by atoms with van der Waals surface area (Å²) in [7, 11) is 0. The molecule has 0 spiro atoms. The van der Waals surface area contributed by atoms with Crippen molar-refractivity contribution in [1.82, 2.24) is 4.90 Å². The minimum absolute atomic E-state index is 0.0478. The first-order valence-electron chi connectivity index (χ1n) is 7.67. The summed E-state index contributed by atoms with van der Waals surface area (Å²) in [5.41, 5.74) is 1.94. The number of nitrogens with zero attached hydrogens (tertiary/aromatic N) is 1. The monoisotopic (exact) mass is 435 g/mol. The largest absolute Gasteiger partial charge is 0.334 e. The SMILES string of the molecule is C[C@]1(CN(Cc2ccccc2)C(=O)c2ccccc2)CC1(Br)Br. The van der Waals surface area contributed by atoms with Crippen LogP contribution in [0.25, 0.3) is 0 Å². The third-order valence-corrected chi connectivity index (χ3v) is 6.91. The molecule has 0 radical (unpaired) electrons. The number of halogens is 2. The van der Waals surface area contributed by atoms with Crippen LogP contribution in [-0.2, 0) is 6.54 Å². The van der Waals surface area contributed by atoms with Gasteiger partial charge in [0, 0.05) is 24.1 Å². The fourth-order valence-corrected chi connectivity index (χ4v) is 4.29. The van der Waals surface area contributed by atoms with Crippen LogP contribution >= 0.6 is 31.9 Å². The average Bonchev–Trinajstić information content (AvgIpc) is 3.05. The van der Waals surface area contributed by atoms with Gasteiger partial charge in [0.2, 0.25) is 0 Å². The van der Waals surface area contributed by atoms with Crippen LogP contribution in [0.3, 0.4) is 0 Å². The molecule has 1 aliphatic rings. The summed E-state index contributed by atoms with van der Waals surface area (Å²) < 4.78 is -0.0566. The molecular weight excluding hydrogens is 418 g/mol. The second-order valence-electron chi connectivity index (χ2n) is 6.45. The highest BCUT2D eigenvalue weighted by Crippen LogP contribution is 2.66. The number of amides is 1. The minimum Gasteiger partial charge on any atom is -0.334 e. The molecule has 1 atom stereocenters. The zero-order chi connectivity index (χ0) is 16.5. The maximum absolute atomic E-state index is 13.0. The molecular formula is C19H19Br2NO. The van der Waals surface area contributed by atoms with E-state index in [1.165, 1.54) is 0 Å². The van der Waals surface area contributed by atoms with E-state index < -0.39 is 0 Å². The molecule has 2 aromatic carbocycles. The number of alkyl halides is 2. The Labute approximate surface area is 154 Å². The first kappa shape index (κ1) is 16.7. The van der Waals surface area contributed by atoms with Gasteiger partial charge in [0.1, 0.15) is 0 Å². The number of hydrogen-bond donors (Lipinski definition) is 0. The topological polar surface area (TPSA) is 20.3 Å². The summed E-state index contributed by atoms with van der Waals surface area (Å²) in [5, 5.41) is 0. The standard InChI is InChI=1S/C19H19Br2NO/c1-18(13-19(18,20)21)14-22(12-15-8-4-2-5-9-15)17(23)16-10-6-3-7-11-16/h2-11H,12-14H2,1H3/t18-/m1/s1. The fourth-order valence-electron chi connectivity index (χ4n) is 2.81. The maximum atomic E-state index is 13.0. The van der Waals surface area contributed by atoms with Gasteiger partial charge < -0.3 is 4.90 Å². The molecule has 0 aliphatic heterocycles. The molecule has 120 valence electrons. The van der Waals surface area contributed by atoms with Crippen LogP contribution in [0.4, 0.5) is 0 Å².